The highest BCUT2D eigenvalue weighted by Gasteiger charge is 2.29. The van der Waals surface area contributed by atoms with Crippen LogP contribution in [0, 0.1) is 0 Å². The Bertz CT molecular complexity index is 1390. The van der Waals surface area contributed by atoms with E-state index in [-0.39, 0.29) is 78.8 Å². The van der Waals surface area contributed by atoms with Crippen LogP contribution >= 0.6 is 0 Å². The van der Waals surface area contributed by atoms with Gasteiger partial charge in [-0.2, -0.15) is 0 Å². The lowest BCUT2D eigenvalue weighted by atomic mass is 10.2. The van der Waals surface area contributed by atoms with Gasteiger partial charge in [-0.25, -0.2) is 14.4 Å². The van der Waals surface area contributed by atoms with Gasteiger partial charge in [0.15, 0.2) is 0 Å². The van der Waals surface area contributed by atoms with Crippen LogP contribution in [0.2, 0.25) is 0 Å². The summed E-state index contributed by atoms with van der Waals surface area (Å²) in [7, 11) is 0. The molecule has 0 spiro atoms. The van der Waals surface area contributed by atoms with Crippen LogP contribution in [-0.2, 0) is 43.6 Å². The Balaban J connectivity index is 1.53. The summed E-state index contributed by atoms with van der Waals surface area (Å²) >= 11 is 0. The molecule has 1 heterocycles. The van der Waals surface area contributed by atoms with Crippen LogP contribution in [-0.4, -0.2) is 109 Å². The zero-order valence-corrected chi connectivity index (χ0v) is 28.3. The molecule has 1 fully saturated rings. The molecule has 1 aliphatic heterocycles. The highest BCUT2D eigenvalue weighted by atomic mass is 16.6. The van der Waals surface area contributed by atoms with Gasteiger partial charge in [0, 0.05) is 52.4 Å². The largest absolute Gasteiger partial charge is 0.465 e. The van der Waals surface area contributed by atoms with Gasteiger partial charge < -0.3 is 33.6 Å². The number of ether oxygens (including phenoxy) is 4. The fourth-order valence-corrected chi connectivity index (χ4v) is 5.21. The quantitative estimate of drug-likeness (QED) is 0.224. The number of hydrogen-bond donors (Lipinski definition) is 0. The van der Waals surface area contributed by atoms with Crippen LogP contribution < -0.4 is 0 Å². The summed E-state index contributed by atoms with van der Waals surface area (Å²) in [6.07, 6.45) is -1.67. The van der Waals surface area contributed by atoms with E-state index in [1.54, 1.807) is 13.8 Å². The van der Waals surface area contributed by atoms with Gasteiger partial charge in [-0.05, 0) is 30.5 Å². The number of rotatable bonds is 9. The van der Waals surface area contributed by atoms with Crippen LogP contribution in [0.15, 0.2) is 91.0 Å². The topological polar surface area (TPSA) is 118 Å². The third kappa shape index (κ3) is 12.1. The van der Waals surface area contributed by atoms with E-state index >= 15 is 0 Å². The number of hydrogen-bond acceptors (Lipinski definition) is 9. The zero-order chi connectivity index (χ0) is 34.8. The van der Waals surface area contributed by atoms with Crippen molar-refractivity contribution in [3.8, 4) is 0 Å². The van der Waals surface area contributed by atoms with E-state index in [9.17, 15) is 19.2 Å². The lowest BCUT2D eigenvalue weighted by Gasteiger charge is -2.35. The smallest absolute Gasteiger partial charge is 0.410 e. The van der Waals surface area contributed by atoms with Crippen molar-refractivity contribution in [1.82, 2.24) is 19.6 Å². The average Bonchev–Trinajstić information content (AvgIpc) is 3.13. The van der Waals surface area contributed by atoms with Crippen LogP contribution in [0.3, 0.4) is 0 Å². The number of carbonyl (C=O) groups excluding carboxylic acids is 4. The van der Waals surface area contributed by atoms with Gasteiger partial charge in [0.1, 0.15) is 25.9 Å². The molecule has 1 atom stereocenters. The summed E-state index contributed by atoms with van der Waals surface area (Å²) in [5.74, 6) is -0.404. The molecule has 4 rings (SSSR count). The van der Waals surface area contributed by atoms with Crippen molar-refractivity contribution in [2.45, 2.75) is 39.7 Å². The fraction of sp³-hybridized carbons (Fsp3) is 0.405. The Morgan fingerprint density at radius 3 is 1.12 bits per heavy atom. The summed E-state index contributed by atoms with van der Waals surface area (Å²) in [5.41, 5.74) is 2.51. The molecule has 3 aromatic carbocycles. The molecule has 49 heavy (non-hydrogen) atoms. The van der Waals surface area contributed by atoms with Gasteiger partial charge in [-0.15, -0.1) is 0 Å². The maximum Gasteiger partial charge on any atom is 0.410 e. The van der Waals surface area contributed by atoms with E-state index in [2.05, 4.69) is 0 Å². The van der Waals surface area contributed by atoms with Crippen LogP contribution in [0.4, 0.5) is 14.4 Å². The summed E-state index contributed by atoms with van der Waals surface area (Å²) in [6, 6.07) is 27.4. The second-order valence-corrected chi connectivity index (χ2v) is 11.5. The van der Waals surface area contributed by atoms with Crippen molar-refractivity contribution in [2.24, 2.45) is 0 Å². The number of benzene rings is 3. The average molecular weight is 675 g/mol. The summed E-state index contributed by atoms with van der Waals surface area (Å²) in [4.78, 5) is 59.5. The normalized spacial score (nSPS) is 15.3. The van der Waals surface area contributed by atoms with Crippen molar-refractivity contribution >= 4 is 24.2 Å². The number of nitrogens with zero attached hydrogens (tertiary/aromatic N) is 4. The molecule has 1 aliphatic rings. The maximum absolute atomic E-state index is 13.4. The predicted molar refractivity (Wildman–Crippen MR) is 182 cm³/mol. The molecule has 0 bridgehead atoms. The lowest BCUT2D eigenvalue weighted by molar-refractivity contribution is -0.149. The molecule has 12 heteroatoms. The minimum Gasteiger partial charge on any atom is -0.465 e. The van der Waals surface area contributed by atoms with E-state index in [4.69, 9.17) is 18.9 Å². The Morgan fingerprint density at radius 2 is 0.816 bits per heavy atom. The SMILES string of the molecule is CCOC(=O)C(C)N1CCN(C(=O)OCc2ccccc2)CCN(C(=O)OCc2ccccc2)CCN(C(=O)OCc2ccccc2)CC1. The second-order valence-electron chi connectivity index (χ2n) is 11.5. The lowest BCUT2D eigenvalue weighted by Crippen LogP contribution is -2.52. The van der Waals surface area contributed by atoms with Crippen molar-refractivity contribution in [3.63, 3.8) is 0 Å². The van der Waals surface area contributed by atoms with Crippen LogP contribution in [0.1, 0.15) is 30.5 Å². The first-order chi connectivity index (χ1) is 23.8. The Morgan fingerprint density at radius 1 is 0.510 bits per heavy atom. The third-order valence-corrected chi connectivity index (χ3v) is 8.16. The van der Waals surface area contributed by atoms with Crippen LogP contribution in [0.25, 0.3) is 0 Å². The standard InChI is InChI=1S/C37H46N4O8/c1-3-46-34(42)30(2)38-19-21-39(35(43)47-27-31-13-7-4-8-14-31)23-25-41(37(45)49-29-33-17-11-6-12-18-33)26-24-40(22-20-38)36(44)48-28-32-15-9-5-10-16-32/h4-18,30H,3,19-29H2,1-2H3. The molecule has 3 aromatic rings. The Kier molecular flexibility index (Phi) is 14.7. The van der Waals surface area contributed by atoms with E-state index in [0.717, 1.165) is 16.7 Å². The fourth-order valence-electron chi connectivity index (χ4n) is 5.21. The minimum atomic E-state index is -0.642. The van der Waals surface area contributed by atoms with Crippen molar-refractivity contribution in [2.75, 3.05) is 59.0 Å². The molecule has 0 radical (unpaired) electrons. The van der Waals surface area contributed by atoms with Gasteiger partial charge in [-0.3, -0.25) is 9.69 Å². The third-order valence-electron chi connectivity index (χ3n) is 8.16. The van der Waals surface area contributed by atoms with Crippen LogP contribution in [0.5, 0.6) is 0 Å². The van der Waals surface area contributed by atoms with Gasteiger partial charge in [0.05, 0.1) is 6.61 Å². The maximum atomic E-state index is 13.4. The monoisotopic (exact) mass is 674 g/mol. The van der Waals surface area contributed by atoms with Crippen molar-refractivity contribution in [1.29, 1.82) is 0 Å². The molecule has 0 N–H and O–H groups in total. The highest BCUT2D eigenvalue weighted by molar-refractivity contribution is 5.75. The minimum absolute atomic E-state index is 0.0720. The number of esters is 1. The summed E-state index contributed by atoms with van der Waals surface area (Å²) in [5, 5.41) is 0. The molecule has 0 aromatic heterocycles. The molecule has 0 aliphatic carbocycles. The van der Waals surface area contributed by atoms with Crippen molar-refractivity contribution < 1.29 is 38.1 Å². The first-order valence-electron chi connectivity index (χ1n) is 16.6. The molecular weight excluding hydrogens is 628 g/mol. The molecule has 262 valence electrons. The van der Waals surface area contributed by atoms with Gasteiger partial charge in [0.2, 0.25) is 0 Å². The van der Waals surface area contributed by atoms with E-state index < -0.39 is 30.3 Å². The molecule has 12 nitrogen and oxygen atoms in total. The first kappa shape index (κ1) is 36.7. The molecule has 1 unspecified atom stereocenters. The predicted octanol–water partition coefficient (Wildman–Crippen LogP) is 5.17. The van der Waals surface area contributed by atoms with E-state index in [0.29, 0.717) is 0 Å². The Labute approximate surface area is 288 Å². The number of amides is 3. The molecule has 3 amide bonds. The van der Waals surface area contributed by atoms with Crippen molar-refractivity contribution in [3.05, 3.63) is 108 Å². The Hall–Kier alpha value is -5.10. The van der Waals surface area contributed by atoms with Gasteiger partial charge >= 0.3 is 24.2 Å². The summed E-state index contributed by atoms with van der Waals surface area (Å²) in [6.45, 7) is 5.42. The zero-order valence-electron chi connectivity index (χ0n) is 28.3. The molecular formula is C37H46N4O8. The van der Waals surface area contributed by atoms with E-state index in [1.165, 1.54) is 14.7 Å². The first-order valence-corrected chi connectivity index (χ1v) is 16.6. The molecule has 1 saturated heterocycles. The number of carbonyl (C=O) groups is 4. The van der Waals surface area contributed by atoms with E-state index in [1.807, 2.05) is 95.9 Å². The summed E-state index contributed by atoms with van der Waals surface area (Å²) < 4.78 is 22.3. The van der Waals surface area contributed by atoms with Gasteiger partial charge in [0.25, 0.3) is 0 Å². The highest BCUT2D eigenvalue weighted by Crippen LogP contribution is 2.12. The van der Waals surface area contributed by atoms with Gasteiger partial charge in [-0.1, -0.05) is 91.0 Å². The second kappa shape index (κ2) is 19.7. The molecule has 0 saturated carbocycles.